The molecule has 0 amide bonds. The molecule has 0 bridgehead atoms. The Labute approximate surface area is 180 Å². The molecule has 0 radical (unpaired) electrons. The first kappa shape index (κ1) is 20.3. The Bertz CT molecular complexity index is 1320. The number of hydrogen-bond acceptors (Lipinski definition) is 4. The largest absolute Gasteiger partial charge is 0.624 e. The molecule has 0 spiro atoms. The molecule has 0 unspecified atom stereocenters. The second-order valence-corrected chi connectivity index (χ2v) is 7.52. The summed E-state index contributed by atoms with van der Waals surface area (Å²) in [6.45, 7) is 3.68. The summed E-state index contributed by atoms with van der Waals surface area (Å²) in [6, 6.07) is 22.1. The van der Waals surface area contributed by atoms with Crippen LogP contribution >= 0.6 is 0 Å². The van der Waals surface area contributed by atoms with Gasteiger partial charge in [0.25, 0.3) is 5.56 Å². The zero-order chi connectivity index (χ0) is 22.0. The molecule has 0 N–H and O–H groups in total. The maximum Gasteiger partial charge on any atom is 0.279 e. The molecular formula is C25H23N3O3. The van der Waals surface area contributed by atoms with Crippen molar-refractivity contribution in [1.29, 1.82) is 0 Å². The van der Waals surface area contributed by atoms with Crippen molar-refractivity contribution in [3.8, 4) is 22.7 Å². The van der Waals surface area contributed by atoms with Crippen molar-refractivity contribution in [2.75, 3.05) is 7.11 Å². The lowest BCUT2D eigenvalue weighted by atomic mass is 10.0. The van der Waals surface area contributed by atoms with Gasteiger partial charge in [0.15, 0.2) is 12.3 Å². The molecular weight excluding hydrogens is 390 g/mol. The number of fused-ring (bicyclic) bond motifs is 1. The highest BCUT2D eigenvalue weighted by Crippen LogP contribution is 2.26. The van der Waals surface area contributed by atoms with E-state index >= 15 is 0 Å². The van der Waals surface area contributed by atoms with Crippen LogP contribution in [0.25, 0.3) is 27.7 Å². The quantitative estimate of drug-likeness (QED) is 0.210. The fraction of sp³-hybridized carbons (Fsp3) is 0.160. The van der Waals surface area contributed by atoms with Gasteiger partial charge in [-0.1, -0.05) is 30.3 Å². The van der Waals surface area contributed by atoms with Gasteiger partial charge in [-0.25, -0.2) is 4.74 Å². The third-order valence-electron chi connectivity index (χ3n) is 5.07. The van der Waals surface area contributed by atoms with Crippen LogP contribution in [0.5, 0.6) is 5.75 Å². The smallest absolute Gasteiger partial charge is 0.279 e. The number of aromatic nitrogens is 2. The number of methoxy groups -OCH3 is 1. The average molecular weight is 413 g/mol. The van der Waals surface area contributed by atoms with Gasteiger partial charge in [0, 0.05) is 16.5 Å². The highest BCUT2D eigenvalue weighted by atomic mass is 16.5. The lowest BCUT2D eigenvalue weighted by Crippen LogP contribution is -2.22. The summed E-state index contributed by atoms with van der Waals surface area (Å²) in [4.78, 5) is 13.2. The first-order valence-electron chi connectivity index (χ1n) is 10.0. The number of hydroxylamine groups is 1. The molecule has 0 atom stereocenters. The molecule has 4 aromatic rings. The standard InChI is InChI=1S/C25H23N3O3/c1-17(2)27(30)16-18-7-6-8-19(15-18)24-22-9-4-5-10-23(22)25(29)28(26-24)20-11-13-21(31-3)14-12-20/h4-17H,1-3H3. The molecule has 6 heteroatoms. The molecule has 31 heavy (non-hydrogen) atoms. The van der Waals surface area contributed by atoms with Crippen LogP contribution in [0.1, 0.15) is 19.4 Å². The lowest BCUT2D eigenvalue weighted by molar-refractivity contribution is -0.487. The maximum absolute atomic E-state index is 13.2. The summed E-state index contributed by atoms with van der Waals surface area (Å²) in [5.74, 6) is 0.702. The minimum atomic E-state index is -0.197. The van der Waals surface area contributed by atoms with E-state index < -0.39 is 0 Å². The van der Waals surface area contributed by atoms with Crippen molar-refractivity contribution in [2.24, 2.45) is 0 Å². The van der Waals surface area contributed by atoms with Crippen LogP contribution in [-0.4, -0.2) is 33.9 Å². The van der Waals surface area contributed by atoms with Crippen molar-refractivity contribution in [3.63, 3.8) is 0 Å². The van der Waals surface area contributed by atoms with E-state index in [9.17, 15) is 10.0 Å². The van der Waals surface area contributed by atoms with Crippen LogP contribution in [0.4, 0.5) is 0 Å². The van der Waals surface area contributed by atoms with Crippen LogP contribution in [-0.2, 0) is 0 Å². The predicted molar refractivity (Wildman–Crippen MR) is 123 cm³/mol. The van der Waals surface area contributed by atoms with E-state index in [-0.39, 0.29) is 11.6 Å². The van der Waals surface area contributed by atoms with Crippen LogP contribution in [0.3, 0.4) is 0 Å². The summed E-state index contributed by atoms with van der Waals surface area (Å²) in [7, 11) is 1.60. The molecule has 0 aliphatic rings. The Morgan fingerprint density at radius 1 is 1.00 bits per heavy atom. The molecule has 0 saturated heterocycles. The van der Waals surface area contributed by atoms with Crippen molar-refractivity contribution in [3.05, 3.63) is 93.9 Å². The topological polar surface area (TPSA) is 70.2 Å². The van der Waals surface area contributed by atoms with Crippen LogP contribution in [0, 0.1) is 5.21 Å². The van der Waals surface area contributed by atoms with Gasteiger partial charge in [-0.3, -0.25) is 4.79 Å². The summed E-state index contributed by atoms with van der Waals surface area (Å²) in [6.07, 6.45) is 1.57. The summed E-state index contributed by atoms with van der Waals surface area (Å²) >= 11 is 0. The van der Waals surface area contributed by atoms with E-state index in [1.807, 2.05) is 56.3 Å². The van der Waals surface area contributed by atoms with Gasteiger partial charge in [-0.2, -0.15) is 9.78 Å². The Hall–Kier alpha value is -3.93. The summed E-state index contributed by atoms with van der Waals surface area (Å²) < 4.78 is 7.54. The number of benzene rings is 3. The van der Waals surface area contributed by atoms with Gasteiger partial charge < -0.3 is 9.94 Å². The molecule has 0 aliphatic carbocycles. The van der Waals surface area contributed by atoms with E-state index in [1.54, 1.807) is 43.7 Å². The lowest BCUT2D eigenvalue weighted by Gasteiger charge is -2.12. The second-order valence-electron chi connectivity index (χ2n) is 7.52. The number of ether oxygens (including phenoxy) is 1. The van der Waals surface area contributed by atoms with Gasteiger partial charge >= 0.3 is 0 Å². The minimum Gasteiger partial charge on any atom is -0.624 e. The van der Waals surface area contributed by atoms with E-state index in [4.69, 9.17) is 9.84 Å². The highest BCUT2D eigenvalue weighted by Gasteiger charge is 2.14. The fourth-order valence-corrected chi connectivity index (χ4v) is 3.36. The van der Waals surface area contributed by atoms with Gasteiger partial charge in [0.05, 0.1) is 23.9 Å². The summed E-state index contributed by atoms with van der Waals surface area (Å²) in [5, 5.41) is 18.1. The van der Waals surface area contributed by atoms with Gasteiger partial charge in [-0.15, -0.1) is 0 Å². The molecule has 4 rings (SSSR count). The van der Waals surface area contributed by atoms with Gasteiger partial charge in [0.2, 0.25) is 0 Å². The van der Waals surface area contributed by atoms with E-state index in [2.05, 4.69) is 0 Å². The third-order valence-corrected chi connectivity index (χ3v) is 5.07. The van der Waals surface area contributed by atoms with Gasteiger partial charge in [-0.05, 0) is 56.3 Å². The van der Waals surface area contributed by atoms with Gasteiger partial charge in [0.1, 0.15) is 5.75 Å². The van der Waals surface area contributed by atoms with Crippen molar-refractivity contribution < 1.29 is 9.48 Å². The SMILES string of the molecule is COc1ccc(-n2nc(-c3cccc(C=[N+]([O-])C(C)C)c3)c3ccccc3c2=O)cc1. The molecule has 0 fully saturated rings. The third kappa shape index (κ3) is 4.05. The fourth-order valence-electron chi connectivity index (χ4n) is 3.36. The summed E-state index contributed by atoms with van der Waals surface area (Å²) in [5.41, 5.74) is 2.71. The zero-order valence-corrected chi connectivity index (χ0v) is 17.6. The Kier molecular flexibility index (Phi) is 5.54. The highest BCUT2D eigenvalue weighted by molar-refractivity contribution is 5.94. The van der Waals surface area contributed by atoms with Crippen LogP contribution < -0.4 is 10.3 Å². The number of nitrogens with zero attached hydrogens (tertiary/aromatic N) is 3. The zero-order valence-electron chi connectivity index (χ0n) is 17.6. The van der Waals surface area contributed by atoms with E-state index in [1.165, 1.54) is 4.68 Å². The molecule has 6 nitrogen and oxygen atoms in total. The maximum atomic E-state index is 13.2. The Balaban J connectivity index is 1.93. The minimum absolute atomic E-state index is 0.153. The van der Waals surface area contributed by atoms with Crippen molar-refractivity contribution in [2.45, 2.75) is 19.9 Å². The molecule has 156 valence electrons. The second kappa shape index (κ2) is 8.44. The first-order chi connectivity index (χ1) is 15.0. The van der Waals surface area contributed by atoms with Crippen molar-refractivity contribution >= 4 is 17.0 Å². The molecule has 1 aromatic heterocycles. The Morgan fingerprint density at radius 3 is 2.39 bits per heavy atom. The average Bonchev–Trinajstić information content (AvgIpc) is 2.80. The van der Waals surface area contributed by atoms with Crippen molar-refractivity contribution in [1.82, 2.24) is 9.78 Å². The van der Waals surface area contributed by atoms with E-state index in [0.717, 1.165) is 21.3 Å². The van der Waals surface area contributed by atoms with E-state index in [0.29, 0.717) is 22.5 Å². The van der Waals surface area contributed by atoms with Crippen LogP contribution in [0.2, 0.25) is 0 Å². The normalized spacial score (nSPS) is 11.8. The van der Waals surface area contributed by atoms with Crippen LogP contribution in [0.15, 0.2) is 77.6 Å². The molecule has 1 heterocycles. The molecule has 0 saturated carbocycles. The monoisotopic (exact) mass is 413 g/mol. The number of rotatable bonds is 5. The first-order valence-corrected chi connectivity index (χ1v) is 10.0. The predicted octanol–water partition coefficient (Wildman–Crippen LogP) is 4.40. The Morgan fingerprint density at radius 2 is 1.71 bits per heavy atom. The molecule has 3 aromatic carbocycles. The number of hydrogen-bond donors (Lipinski definition) is 0. The molecule has 0 aliphatic heterocycles.